The summed E-state index contributed by atoms with van der Waals surface area (Å²) in [4.78, 5) is 24.0. The van der Waals surface area contributed by atoms with E-state index in [1.165, 1.54) is 21.3 Å². The third-order valence-corrected chi connectivity index (χ3v) is 3.82. The molecule has 0 fully saturated rings. The highest BCUT2D eigenvalue weighted by Crippen LogP contribution is 2.35. The van der Waals surface area contributed by atoms with Crippen LogP contribution in [0.5, 0.6) is 11.5 Å². The van der Waals surface area contributed by atoms with Crippen molar-refractivity contribution in [3.63, 3.8) is 0 Å². The quantitative estimate of drug-likeness (QED) is 0.719. The van der Waals surface area contributed by atoms with Gasteiger partial charge in [-0.05, 0) is 12.1 Å². The third kappa shape index (κ3) is 4.58. The summed E-state index contributed by atoms with van der Waals surface area (Å²) in [6, 6.07) is 9.88. The van der Waals surface area contributed by atoms with Crippen LogP contribution in [-0.4, -0.2) is 39.8 Å². The number of rotatable bonds is 7. The van der Waals surface area contributed by atoms with Crippen LogP contribution in [-0.2, 0) is 9.53 Å². The molecule has 26 heavy (non-hydrogen) atoms. The lowest BCUT2D eigenvalue weighted by Gasteiger charge is -2.14. The van der Waals surface area contributed by atoms with Crippen LogP contribution in [0.25, 0.3) is 0 Å². The standard InChI is InChI=1S/C18H19ClN2O5/c1-24-15-9-14(16(25-2)8-12(15)19)21-17(22)10-20-13-7-5-4-6-11(13)18(23)26-3/h4-9,20H,10H2,1-3H3,(H,21,22). The van der Waals surface area contributed by atoms with Crippen molar-refractivity contribution in [1.29, 1.82) is 0 Å². The Morgan fingerprint density at radius 2 is 1.69 bits per heavy atom. The highest BCUT2D eigenvalue weighted by molar-refractivity contribution is 6.32. The Morgan fingerprint density at radius 1 is 1.00 bits per heavy atom. The van der Waals surface area contributed by atoms with Crippen molar-refractivity contribution in [1.82, 2.24) is 0 Å². The van der Waals surface area contributed by atoms with Crippen LogP contribution in [0.3, 0.4) is 0 Å². The topological polar surface area (TPSA) is 85.9 Å². The number of carbonyl (C=O) groups excluding carboxylic acids is 2. The number of hydrogen-bond donors (Lipinski definition) is 2. The molecule has 8 heteroatoms. The lowest BCUT2D eigenvalue weighted by molar-refractivity contribution is -0.114. The number of ether oxygens (including phenoxy) is 3. The van der Waals surface area contributed by atoms with Crippen LogP contribution in [0.2, 0.25) is 5.02 Å². The van der Waals surface area contributed by atoms with Gasteiger partial charge in [0.2, 0.25) is 5.91 Å². The first kappa shape index (κ1) is 19.4. The maximum absolute atomic E-state index is 12.3. The molecule has 138 valence electrons. The van der Waals surface area contributed by atoms with Gasteiger partial charge in [-0.2, -0.15) is 0 Å². The molecule has 0 atom stereocenters. The molecule has 0 unspecified atom stereocenters. The number of nitrogens with one attached hydrogen (secondary N) is 2. The summed E-state index contributed by atoms with van der Waals surface area (Å²) >= 11 is 6.04. The lowest BCUT2D eigenvalue weighted by atomic mass is 10.2. The lowest BCUT2D eigenvalue weighted by Crippen LogP contribution is -2.23. The number of amides is 1. The smallest absolute Gasteiger partial charge is 0.339 e. The van der Waals surface area contributed by atoms with E-state index < -0.39 is 5.97 Å². The first-order valence-corrected chi connectivity index (χ1v) is 8.00. The van der Waals surface area contributed by atoms with Crippen molar-refractivity contribution < 1.29 is 23.8 Å². The zero-order valence-electron chi connectivity index (χ0n) is 14.6. The molecule has 2 aromatic carbocycles. The van der Waals surface area contributed by atoms with E-state index in [2.05, 4.69) is 10.6 Å². The van der Waals surface area contributed by atoms with Crippen LogP contribution in [0.1, 0.15) is 10.4 Å². The third-order valence-electron chi connectivity index (χ3n) is 3.52. The van der Waals surface area contributed by atoms with E-state index in [0.29, 0.717) is 33.5 Å². The number of carbonyl (C=O) groups is 2. The normalized spacial score (nSPS) is 10.0. The van der Waals surface area contributed by atoms with Gasteiger partial charge in [-0.15, -0.1) is 0 Å². The van der Waals surface area contributed by atoms with Crippen molar-refractivity contribution in [2.75, 3.05) is 38.5 Å². The van der Waals surface area contributed by atoms with Crippen molar-refractivity contribution in [2.45, 2.75) is 0 Å². The molecule has 0 heterocycles. The zero-order chi connectivity index (χ0) is 19.1. The van der Waals surface area contributed by atoms with Crippen molar-refractivity contribution in [3.8, 4) is 11.5 Å². The largest absolute Gasteiger partial charge is 0.495 e. The maximum Gasteiger partial charge on any atom is 0.339 e. The fourth-order valence-electron chi connectivity index (χ4n) is 2.25. The Labute approximate surface area is 156 Å². The minimum absolute atomic E-state index is 0.0674. The van der Waals surface area contributed by atoms with E-state index in [9.17, 15) is 9.59 Å². The SMILES string of the molecule is COC(=O)c1ccccc1NCC(=O)Nc1cc(OC)c(Cl)cc1OC. The van der Waals surface area contributed by atoms with Gasteiger partial charge in [0.1, 0.15) is 11.5 Å². The molecular formula is C18H19ClN2O5. The molecule has 2 N–H and O–H groups in total. The highest BCUT2D eigenvalue weighted by Gasteiger charge is 2.14. The second kappa shape index (κ2) is 8.96. The van der Waals surface area contributed by atoms with Crippen LogP contribution in [0, 0.1) is 0 Å². The Kier molecular flexibility index (Phi) is 6.68. The van der Waals surface area contributed by atoms with E-state index in [0.717, 1.165) is 0 Å². The van der Waals surface area contributed by atoms with Gasteiger partial charge >= 0.3 is 5.97 Å². The zero-order valence-corrected chi connectivity index (χ0v) is 15.3. The first-order valence-electron chi connectivity index (χ1n) is 7.62. The van der Waals surface area contributed by atoms with Gasteiger partial charge in [-0.1, -0.05) is 23.7 Å². The average Bonchev–Trinajstić information content (AvgIpc) is 2.66. The van der Waals surface area contributed by atoms with Crippen molar-refractivity contribution in [2.24, 2.45) is 0 Å². The number of esters is 1. The predicted octanol–water partition coefficient (Wildman–Crippen LogP) is 3.19. The molecule has 0 aromatic heterocycles. The summed E-state index contributed by atoms with van der Waals surface area (Å²) in [6.07, 6.45) is 0. The average molecular weight is 379 g/mol. The number of halogens is 1. The van der Waals surface area contributed by atoms with Gasteiger partial charge in [0.05, 0.1) is 44.1 Å². The number of hydrogen-bond acceptors (Lipinski definition) is 6. The van der Waals surface area contributed by atoms with E-state index in [1.54, 1.807) is 36.4 Å². The first-order chi connectivity index (χ1) is 12.5. The maximum atomic E-state index is 12.3. The van der Waals surface area contributed by atoms with E-state index in [4.69, 9.17) is 25.8 Å². The molecule has 1 amide bonds. The molecule has 0 aliphatic heterocycles. The van der Waals surface area contributed by atoms with Crippen LogP contribution in [0.15, 0.2) is 36.4 Å². The van der Waals surface area contributed by atoms with Crippen LogP contribution >= 0.6 is 11.6 Å². The fourth-order valence-corrected chi connectivity index (χ4v) is 2.48. The summed E-state index contributed by atoms with van der Waals surface area (Å²) in [6.45, 7) is -0.0674. The predicted molar refractivity (Wildman–Crippen MR) is 99.5 cm³/mol. The number of anilines is 2. The van der Waals surface area contributed by atoms with Crippen LogP contribution in [0.4, 0.5) is 11.4 Å². The van der Waals surface area contributed by atoms with Crippen molar-refractivity contribution in [3.05, 3.63) is 47.0 Å². The van der Waals surface area contributed by atoms with Crippen molar-refractivity contribution >= 4 is 34.9 Å². The summed E-state index contributed by atoms with van der Waals surface area (Å²) in [5.41, 5.74) is 1.26. The molecule has 0 spiro atoms. The Balaban J connectivity index is 2.10. The van der Waals surface area contributed by atoms with E-state index >= 15 is 0 Å². The molecule has 2 aromatic rings. The molecule has 0 aliphatic rings. The Morgan fingerprint density at radius 3 is 2.35 bits per heavy atom. The highest BCUT2D eigenvalue weighted by atomic mass is 35.5. The number of benzene rings is 2. The molecule has 0 radical (unpaired) electrons. The Bertz CT molecular complexity index is 810. The second-order valence-electron chi connectivity index (χ2n) is 5.13. The molecule has 0 saturated heterocycles. The van der Waals surface area contributed by atoms with E-state index in [-0.39, 0.29) is 12.5 Å². The molecule has 0 aliphatic carbocycles. The molecule has 7 nitrogen and oxygen atoms in total. The summed E-state index contributed by atoms with van der Waals surface area (Å²) in [7, 11) is 4.25. The second-order valence-corrected chi connectivity index (χ2v) is 5.53. The molecular weight excluding hydrogens is 360 g/mol. The molecule has 0 saturated carbocycles. The number of para-hydroxylation sites is 1. The van der Waals surface area contributed by atoms with Gasteiger partial charge in [0.25, 0.3) is 0 Å². The van der Waals surface area contributed by atoms with Gasteiger partial charge in [0.15, 0.2) is 0 Å². The minimum atomic E-state index is -0.488. The minimum Gasteiger partial charge on any atom is -0.495 e. The summed E-state index contributed by atoms with van der Waals surface area (Å²) < 4.78 is 15.1. The molecule has 0 bridgehead atoms. The summed E-state index contributed by atoms with van der Waals surface area (Å²) in [5, 5.41) is 6.00. The Hall–Kier alpha value is -2.93. The van der Waals surface area contributed by atoms with Crippen LogP contribution < -0.4 is 20.1 Å². The van der Waals surface area contributed by atoms with Gasteiger partial charge in [-0.25, -0.2) is 4.79 Å². The molecule has 2 rings (SSSR count). The number of methoxy groups -OCH3 is 3. The van der Waals surface area contributed by atoms with Gasteiger partial charge < -0.3 is 24.8 Å². The van der Waals surface area contributed by atoms with E-state index in [1.807, 2.05) is 0 Å². The van der Waals surface area contributed by atoms with Gasteiger partial charge in [-0.3, -0.25) is 4.79 Å². The van der Waals surface area contributed by atoms with Gasteiger partial charge in [0, 0.05) is 17.8 Å². The fraction of sp³-hybridized carbons (Fsp3) is 0.222. The summed E-state index contributed by atoms with van der Waals surface area (Å²) in [5.74, 6) is -0.0177. The monoisotopic (exact) mass is 378 g/mol.